The van der Waals surface area contributed by atoms with Crippen LogP contribution < -0.4 is 0 Å². The van der Waals surface area contributed by atoms with Crippen LogP contribution >= 0.6 is 0 Å². The molecule has 0 aromatic heterocycles. The zero-order valence-electron chi connectivity index (χ0n) is 9.20. The van der Waals surface area contributed by atoms with Gasteiger partial charge in [-0.1, -0.05) is 0 Å². The number of allylic oxidation sites excluding steroid dienone is 1. The highest BCUT2D eigenvalue weighted by Gasteiger charge is 2.84. The van der Waals surface area contributed by atoms with Crippen molar-refractivity contribution in [2.45, 2.75) is 30.3 Å². The zero-order valence-corrected chi connectivity index (χ0v) is 9.20. The van der Waals surface area contributed by atoms with Crippen molar-refractivity contribution in [2.75, 3.05) is 0 Å². The maximum absolute atomic E-state index is 12.5. The van der Waals surface area contributed by atoms with Gasteiger partial charge >= 0.3 is 36.4 Å². The summed E-state index contributed by atoms with van der Waals surface area (Å²) < 4.78 is 170. The number of ether oxygens (including phenoxy) is 1. The molecule has 0 heterocycles. The van der Waals surface area contributed by atoms with Gasteiger partial charge in [-0.2, -0.15) is 61.5 Å². The molecule has 0 spiro atoms. The van der Waals surface area contributed by atoms with Crippen molar-refractivity contribution in [3.05, 3.63) is 11.8 Å². The summed E-state index contributed by atoms with van der Waals surface area (Å²) in [5, 5.41) is 0. The topological polar surface area (TPSA) is 9.23 Å². The second-order valence-electron chi connectivity index (χ2n) is 3.35. The van der Waals surface area contributed by atoms with Crippen LogP contribution in [0.15, 0.2) is 11.8 Å². The lowest BCUT2D eigenvalue weighted by Gasteiger charge is -2.33. The van der Waals surface area contributed by atoms with Crippen LogP contribution in [0.1, 0.15) is 0 Å². The average Bonchev–Trinajstić information content (AvgIpc) is 2.21. The molecule has 0 aliphatic heterocycles. The third-order valence-corrected chi connectivity index (χ3v) is 1.78. The van der Waals surface area contributed by atoms with E-state index in [1.807, 2.05) is 0 Å². The minimum Gasteiger partial charge on any atom is -0.417 e. The lowest BCUT2D eigenvalue weighted by Crippen LogP contribution is -2.61. The van der Waals surface area contributed by atoms with Crippen molar-refractivity contribution in [3.63, 3.8) is 0 Å². The standard InChI is InChI=1S/C7F14O/c8-2(9)1(3(10,11)12)22-7(20,21)5(15,16)4(13,14)6(17,18)19. The van der Waals surface area contributed by atoms with Crippen LogP contribution in [-0.4, -0.2) is 30.3 Å². The molecule has 0 aliphatic rings. The molecule has 0 atom stereocenters. The van der Waals surface area contributed by atoms with Gasteiger partial charge in [0.2, 0.25) is 0 Å². The van der Waals surface area contributed by atoms with Crippen LogP contribution in [0.25, 0.3) is 0 Å². The summed E-state index contributed by atoms with van der Waals surface area (Å²) >= 11 is 0. The monoisotopic (exact) mass is 366 g/mol. The van der Waals surface area contributed by atoms with E-state index in [1.165, 1.54) is 0 Å². The molecule has 0 saturated carbocycles. The van der Waals surface area contributed by atoms with E-state index in [0.717, 1.165) is 0 Å². The summed E-state index contributed by atoms with van der Waals surface area (Å²) in [7, 11) is 0. The quantitative estimate of drug-likeness (QED) is 0.497. The van der Waals surface area contributed by atoms with Crippen molar-refractivity contribution in [1.82, 2.24) is 0 Å². The predicted octanol–water partition coefficient (Wildman–Crippen LogP) is 5.10. The fourth-order valence-corrected chi connectivity index (χ4v) is 0.757. The highest BCUT2D eigenvalue weighted by Crippen LogP contribution is 2.54. The second-order valence-corrected chi connectivity index (χ2v) is 3.35. The van der Waals surface area contributed by atoms with Crippen molar-refractivity contribution in [3.8, 4) is 0 Å². The highest BCUT2D eigenvalue weighted by molar-refractivity contribution is 5.05. The first-order valence-electron chi connectivity index (χ1n) is 4.30. The smallest absolute Gasteiger partial charge is 0.417 e. The van der Waals surface area contributed by atoms with E-state index in [9.17, 15) is 61.5 Å². The molecular formula is C7F14O. The Hall–Kier alpha value is -1.44. The maximum atomic E-state index is 12.5. The van der Waals surface area contributed by atoms with Gasteiger partial charge in [-0.25, -0.2) is 0 Å². The number of halogens is 14. The Morgan fingerprint density at radius 1 is 0.591 bits per heavy atom. The maximum Gasteiger partial charge on any atom is 0.471 e. The largest absolute Gasteiger partial charge is 0.471 e. The number of alkyl halides is 12. The number of hydrogen-bond acceptors (Lipinski definition) is 1. The van der Waals surface area contributed by atoms with E-state index in [1.54, 1.807) is 4.74 Å². The molecule has 15 heteroatoms. The van der Waals surface area contributed by atoms with Crippen LogP contribution in [0.2, 0.25) is 0 Å². The Labute approximate surface area is 110 Å². The third kappa shape index (κ3) is 3.48. The molecule has 132 valence electrons. The van der Waals surface area contributed by atoms with Crippen molar-refractivity contribution < 1.29 is 66.2 Å². The molecule has 22 heavy (non-hydrogen) atoms. The zero-order chi connectivity index (χ0) is 18.4. The van der Waals surface area contributed by atoms with E-state index in [-0.39, 0.29) is 0 Å². The van der Waals surface area contributed by atoms with Crippen molar-refractivity contribution in [1.29, 1.82) is 0 Å². The summed E-state index contributed by atoms with van der Waals surface area (Å²) in [6, 6.07) is 0. The summed E-state index contributed by atoms with van der Waals surface area (Å²) in [4.78, 5) is 0. The minimum absolute atomic E-state index is 1.75. The van der Waals surface area contributed by atoms with Gasteiger partial charge < -0.3 is 4.74 Å². The lowest BCUT2D eigenvalue weighted by molar-refractivity contribution is -0.442. The van der Waals surface area contributed by atoms with E-state index in [4.69, 9.17) is 0 Å². The molecule has 0 aliphatic carbocycles. The summed E-state index contributed by atoms with van der Waals surface area (Å²) in [5.41, 5.74) is 0. The Bertz CT molecular complexity index is 435. The molecule has 0 bridgehead atoms. The van der Waals surface area contributed by atoms with Crippen LogP contribution in [0.4, 0.5) is 61.5 Å². The highest BCUT2D eigenvalue weighted by atomic mass is 19.4. The Morgan fingerprint density at radius 2 is 0.955 bits per heavy atom. The third-order valence-electron chi connectivity index (χ3n) is 1.78. The van der Waals surface area contributed by atoms with E-state index in [0.29, 0.717) is 0 Å². The molecule has 0 saturated heterocycles. The number of rotatable bonds is 4. The van der Waals surface area contributed by atoms with E-state index in [2.05, 4.69) is 0 Å². The molecule has 0 aromatic rings. The molecule has 0 fully saturated rings. The normalized spacial score (nSPS) is 14.8. The molecule has 0 amide bonds. The van der Waals surface area contributed by atoms with Crippen LogP contribution in [0.5, 0.6) is 0 Å². The van der Waals surface area contributed by atoms with Crippen LogP contribution in [0, 0.1) is 0 Å². The van der Waals surface area contributed by atoms with E-state index >= 15 is 0 Å². The molecular weight excluding hydrogens is 366 g/mol. The Balaban J connectivity index is 5.90. The molecule has 0 radical (unpaired) electrons. The minimum atomic E-state index is -7.62. The van der Waals surface area contributed by atoms with Gasteiger partial charge in [0.25, 0.3) is 5.76 Å². The molecule has 0 unspecified atom stereocenters. The SMILES string of the molecule is FC(F)=C(OC(F)(F)C(F)(F)C(F)(F)C(F)(F)F)C(F)(F)F. The Kier molecular flexibility index (Phi) is 4.98. The average molecular weight is 366 g/mol. The van der Waals surface area contributed by atoms with E-state index < -0.39 is 42.1 Å². The Morgan fingerprint density at radius 3 is 1.18 bits per heavy atom. The summed E-state index contributed by atoms with van der Waals surface area (Å²) in [6.45, 7) is 0. The van der Waals surface area contributed by atoms with Gasteiger partial charge in [-0.15, -0.1) is 0 Å². The van der Waals surface area contributed by atoms with Gasteiger partial charge in [-0.05, 0) is 0 Å². The first-order chi connectivity index (χ1) is 9.29. The number of hydrogen-bond donors (Lipinski definition) is 0. The first-order valence-corrected chi connectivity index (χ1v) is 4.30. The molecule has 0 aromatic carbocycles. The van der Waals surface area contributed by atoms with Crippen LogP contribution in [0.3, 0.4) is 0 Å². The van der Waals surface area contributed by atoms with Gasteiger partial charge in [0.1, 0.15) is 0 Å². The van der Waals surface area contributed by atoms with Gasteiger partial charge in [0.15, 0.2) is 0 Å². The van der Waals surface area contributed by atoms with Crippen molar-refractivity contribution in [2.24, 2.45) is 0 Å². The van der Waals surface area contributed by atoms with Gasteiger partial charge in [0, 0.05) is 0 Å². The van der Waals surface area contributed by atoms with Crippen LogP contribution in [-0.2, 0) is 4.74 Å². The van der Waals surface area contributed by atoms with Crippen molar-refractivity contribution >= 4 is 0 Å². The molecule has 0 rings (SSSR count). The van der Waals surface area contributed by atoms with Gasteiger partial charge in [0.05, 0.1) is 0 Å². The second kappa shape index (κ2) is 5.33. The summed E-state index contributed by atoms with van der Waals surface area (Å²) in [6.07, 6.45) is -25.4. The predicted molar refractivity (Wildman–Crippen MR) is 37.3 cm³/mol. The lowest BCUT2D eigenvalue weighted by atomic mass is 10.1. The summed E-state index contributed by atoms with van der Waals surface area (Å²) in [5.74, 6) is -19.3. The fourth-order valence-electron chi connectivity index (χ4n) is 0.757. The molecule has 1 nitrogen and oxygen atoms in total. The molecule has 0 N–H and O–H groups in total. The fraction of sp³-hybridized carbons (Fsp3) is 0.714. The van der Waals surface area contributed by atoms with Gasteiger partial charge in [-0.3, -0.25) is 0 Å². The first kappa shape index (κ1) is 20.6.